The van der Waals surface area contributed by atoms with Crippen molar-refractivity contribution in [3.05, 3.63) is 29.6 Å². The zero-order valence-corrected chi connectivity index (χ0v) is 10.0. The minimum atomic E-state index is -4.70. The number of benzene rings is 1. The molecule has 1 unspecified atom stereocenters. The van der Waals surface area contributed by atoms with E-state index < -0.39 is 50.9 Å². The van der Waals surface area contributed by atoms with Crippen LogP contribution >= 0.6 is 0 Å². The van der Waals surface area contributed by atoms with E-state index in [0.29, 0.717) is 0 Å². The van der Waals surface area contributed by atoms with Crippen LogP contribution < -0.4 is 10.5 Å². The Hall–Kier alpha value is -1.65. The molecule has 1 atom stereocenters. The Morgan fingerprint density at radius 3 is 2.21 bits per heavy atom. The number of primary amides is 1. The summed E-state index contributed by atoms with van der Waals surface area (Å²) in [5, 5.41) is 8.97. The molecule has 1 amide bonds. The summed E-state index contributed by atoms with van der Waals surface area (Å²) in [6, 6.07) is 0.365. The van der Waals surface area contributed by atoms with Gasteiger partial charge in [0.1, 0.15) is 23.6 Å². The minimum Gasteiger partial charge on any atom is -0.382 e. The van der Waals surface area contributed by atoms with Gasteiger partial charge in [-0.1, -0.05) is 0 Å². The van der Waals surface area contributed by atoms with Crippen LogP contribution in [0, 0.1) is 17.5 Å². The highest BCUT2D eigenvalue weighted by Crippen LogP contribution is 2.19. The first-order valence-corrected chi connectivity index (χ1v) is 6.25. The molecule has 0 saturated heterocycles. The van der Waals surface area contributed by atoms with E-state index in [1.165, 1.54) is 0 Å². The van der Waals surface area contributed by atoms with Crippen LogP contribution in [0.3, 0.4) is 0 Å². The molecule has 1 aromatic carbocycles. The first-order chi connectivity index (χ1) is 8.65. The lowest BCUT2D eigenvalue weighted by Gasteiger charge is -2.10. The van der Waals surface area contributed by atoms with Crippen molar-refractivity contribution in [3.8, 4) is 0 Å². The van der Waals surface area contributed by atoms with E-state index in [2.05, 4.69) is 5.73 Å². The van der Waals surface area contributed by atoms with Crippen LogP contribution in [0.25, 0.3) is 0 Å². The Labute approximate surface area is 106 Å². The van der Waals surface area contributed by atoms with Gasteiger partial charge >= 0.3 is 0 Å². The second-order valence-corrected chi connectivity index (χ2v) is 5.17. The van der Waals surface area contributed by atoms with Crippen molar-refractivity contribution in [2.45, 2.75) is 11.0 Å². The zero-order chi connectivity index (χ0) is 14.8. The fourth-order valence-corrected chi connectivity index (χ4v) is 2.30. The van der Waals surface area contributed by atoms with E-state index in [0.717, 1.165) is 0 Å². The molecule has 4 N–H and O–H groups in total. The molecule has 10 heteroatoms. The number of nitrogens with one attached hydrogen (secondary N) is 1. The van der Waals surface area contributed by atoms with Gasteiger partial charge in [-0.2, -0.15) is 0 Å². The molecule has 1 rings (SSSR count). The SMILES string of the molecule is NC(=O)C(O)CNS(=O)(=O)c1c(F)cc(F)cc1F. The van der Waals surface area contributed by atoms with Crippen LogP contribution in [0.15, 0.2) is 17.0 Å². The van der Waals surface area contributed by atoms with Gasteiger partial charge in [-0.05, 0) is 0 Å². The van der Waals surface area contributed by atoms with Crippen molar-refractivity contribution in [2.75, 3.05) is 6.54 Å². The molecular weight excluding hydrogens is 289 g/mol. The number of hydrogen-bond donors (Lipinski definition) is 3. The lowest BCUT2D eigenvalue weighted by molar-refractivity contribution is -0.125. The van der Waals surface area contributed by atoms with Crippen molar-refractivity contribution in [1.29, 1.82) is 0 Å². The number of rotatable bonds is 5. The largest absolute Gasteiger partial charge is 0.382 e. The summed E-state index contributed by atoms with van der Waals surface area (Å²) >= 11 is 0. The van der Waals surface area contributed by atoms with Crippen LogP contribution in [0.4, 0.5) is 13.2 Å². The van der Waals surface area contributed by atoms with Gasteiger partial charge < -0.3 is 10.8 Å². The van der Waals surface area contributed by atoms with Gasteiger partial charge in [0.25, 0.3) is 0 Å². The number of aliphatic hydroxyl groups is 1. The molecule has 0 heterocycles. The number of sulfonamides is 1. The highest BCUT2D eigenvalue weighted by molar-refractivity contribution is 7.89. The number of carbonyl (C=O) groups excluding carboxylic acids is 1. The quantitative estimate of drug-likeness (QED) is 0.663. The van der Waals surface area contributed by atoms with Crippen LogP contribution in [-0.2, 0) is 14.8 Å². The van der Waals surface area contributed by atoms with Gasteiger partial charge in [0.15, 0.2) is 4.90 Å². The summed E-state index contributed by atoms with van der Waals surface area (Å²) < 4.78 is 63.7. The van der Waals surface area contributed by atoms with Crippen molar-refractivity contribution >= 4 is 15.9 Å². The van der Waals surface area contributed by atoms with E-state index in [-0.39, 0.29) is 12.1 Å². The normalized spacial score (nSPS) is 13.3. The van der Waals surface area contributed by atoms with Gasteiger partial charge in [-0.15, -0.1) is 0 Å². The van der Waals surface area contributed by atoms with Gasteiger partial charge in [-0.25, -0.2) is 26.3 Å². The Morgan fingerprint density at radius 2 is 1.79 bits per heavy atom. The maximum absolute atomic E-state index is 13.2. The Kier molecular flexibility index (Phi) is 4.50. The van der Waals surface area contributed by atoms with Crippen LogP contribution in [-0.4, -0.2) is 32.1 Å². The molecular formula is C9H9F3N2O4S. The summed E-state index contributed by atoms with van der Waals surface area (Å²) in [5.41, 5.74) is 4.66. The number of halogens is 3. The molecule has 0 radical (unpaired) electrons. The van der Waals surface area contributed by atoms with Gasteiger partial charge in [0.05, 0.1) is 0 Å². The van der Waals surface area contributed by atoms with Crippen molar-refractivity contribution < 1.29 is 31.5 Å². The number of aliphatic hydroxyl groups excluding tert-OH is 1. The predicted octanol–water partition coefficient (Wildman–Crippen LogP) is -0.772. The summed E-state index contributed by atoms with van der Waals surface area (Å²) in [4.78, 5) is 9.06. The van der Waals surface area contributed by atoms with Gasteiger partial charge in [0.2, 0.25) is 15.9 Å². The third-order valence-electron chi connectivity index (χ3n) is 2.03. The van der Waals surface area contributed by atoms with Gasteiger partial charge in [0, 0.05) is 18.7 Å². The van der Waals surface area contributed by atoms with Crippen molar-refractivity contribution in [3.63, 3.8) is 0 Å². The van der Waals surface area contributed by atoms with Gasteiger partial charge in [-0.3, -0.25) is 4.79 Å². The molecule has 0 bridgehead atoms. The topological polar surface area (TPSA) is 109 Å². The molecule has 1 aromatic rings. The fourth-order valence-electron chi connectivity index (χ4n) is 1.15. The van der Waals surface area contributed by atoms with E-state index >= 15 is 0 Å². The Bertz CT molecular complexity index is 582. The first kappa shape index (κ1) is 15.4. The number of carbonyl (C=O) groups is 1. The maximum Gasteiger partial charge on any atom is 0.247 e. The summed E-state index contributed by atoms with van der Waals surface area (Å²) in [6.45, 7) is -0.867. The van der Waals surface area contributed by atoms with Crippen LogP contribution in [0.1, 0.15) is 0 Å². The lowest BCUT2D eigenvalue weighted by Crippen LogP contribution is -2.40. The van der Waals surface area contributed by atoms with E-state index in [9.17, 15) is 26.4 Å². The molecule has 19 heavy (non-hydrogen) atoms. The molecule has 0 aliphatic rings. The van der Waals surface area contributed by atoms with E-state index in [4.69, 9.17) is 5.11 Å². The highest BCUT2D eigenvalue weighted by atomic mass is 32.2. The van der Waals surface area contributed by atoms with Crippen LogP contribution in [0.5, 0.6) is 0 Å². The van der Waals surface area contributed by atoms with E-state index in [1.54, 1.807) is 4.72 Å². The molecule has 0 aliphatic heterocycles. The minimum absolute atomic E-state index is 0.183. The Balaban J connectivity index is 3.05. The van der Waals surface area contributed by atoms with E-state index in [1.807, 2.05) is 0 Å². The number of nitrogens with two attached hydrogens (primary N) is 1. The second-order valence-electron chi connectivity index (χ2n) is 3.47. The summed E-state index contributed by atoms with van der Waals surface area (Å²) in [5.74, 6) is -5.79. The third kappa shape index (κ3) is 3.66. The number of amides is 1. The zero-order valence-electron chi connectivity index (χ0n) is 9.23. The molecule has 6 nitrogen and oxygen atoms in total. The molecule has 0 aromatic heterocycles. The molecule has 0 fully saturated rings. The standard InChI is InChI=1S/C9H9F3N2O4S/c10-4-1-5(11)8(6(12)2-4)19(17,18)14-3-7(15)9(13)16/h1-2,7,14-15H,3H2,(H2,13,16). The predicted molar refractivity (Wildman–Crippen MR) is 56.7 cm³/mol. The average molecular weight is 298 g/mol. The van der Waals surface area contributed by atoms with Crippen LogP contribution in [0.2, 0.25) is 0 Å². The third-order valence-corrected chi connectivity index (χ3v) is 3.50. The number of hydrogen-bond acceptors (Lipinski definition) is 4. The lowest BCUT2D eigenvalue weighted by atomic mass is 10.3. The summed E-state index contributed by atoms with van der Waals surface area (Å²) in [7, 11) is -4.70. The molecule has 0 spiro atoms. The van der Waals surface area contributed by atoms with Crippen molar-refractivity contribution in [1.82, 2.24) is 4.72 Å². The first-order valence-electron chi connectivity index (χ1n) is 4.76. The molecule has 0 saturated carbocycles. The second kappa shape index (κ2) is 5.55. The molecule has 106 valence electrons. The average Bonchev–Trinajstić information content (AvgIpc) is 2.23. The maximum atomic E-state index is 13.2. The smallest absolute Gasteiger partial charge is 0.247 e. The monoisotopic (exact) mass is 298 g/mol. The van der Waals surface area contributed by atoms with Crippen molar-refractivity contribution in [2.24, 2.45) is 5.73 Å². The molecule has 0 aliphatic carbocycles. The summed E-state index contributed by atoms with van der Waals surface area (Å²) in [6.07, 6.45) is -1.86. The fraction of sp³-hybridized carbons (Fsp3) is 0.222. The Morgan fingerprint density at radius 1 is 1.32 bits per heavy atom. The highest BCUT2D eigenvalue weighted by Gasteiger charge is 2.26.